The number of carbonyl (C=O) groups excluding carboxylic acids is 4. The van der Waals surface area contributed by atoms with E-state index in [2.05, 4.69) is 5.32 Å². The number of amides is 4. The van der Waals surface area contributed by atoms with Crippen LogP contribution in [0.15, 0.2) is 30.3 Å². The molecule has 1 aromatic rings. The Bertz CT molecular complexity index is 588. The molecular weight excluding hydrogens is 302 g/mol. The van der Waals surface area contributed by atoms with Crippen molar-refractivity contribution in [2.45, 2.75) is 32.4 Å². The van der Waals surface area contributed by atoms with Gasteiger partial charge in [0.2, 0.25) is 5.91 Å². The number of carbonyl (C=O) groups is 4. The number of benzene rings is 1. The molecule has 1 rings (SSSR count). The van der Waals surface area contributed by atoms with E-state index >= 15 is 0 Å². The number of urea groups is 1. The largest absolute Gasteiger partial charge is 0.452 e. The van der Waals surface area contributed by atoms with Gasteiger partial charge in [-0.25, -0.2) is 4.79 Å². The number of hydrogen-bond acceptors (Lipinski definition) is 5. The summed E-state index contributed by atoms with van der Waals surface area (Å²) in [5, 5.41) is 4.47. The third-order valence-electron chi connectivity index (χ3n) is 2.87. The van der Waals surface area contributed by atoms with Gasteiger partial charge in [-0.2, -0.15) is 0 Å². The van der Waals surface area contributed by atoms with E-state index in [9.17, 15) is 19.2 Å². The fourth-order valence-electron chi connectivity index (χ4n) is 1.87. The average molecular weight is 321 g/mol. The normalized spacial score (nSPS) is 12.6. The standard InChI is InChI=1S/C15H19N3O5/c1-9(14(21)18-15(16)22)23-13(20)8-12(17-10(2)19)11-6-4-3-5-7-11/h3-7,9,12H,8H2,1-2H3,(H,17,19)(H3,16,18,21,22)/t9-,12-/m1/s1. The lowest BCUT2D eigenvalue weighted by Gasteiger charge is -2.19. The molecule has 23 heavy (non-hydrogen) atoms. The molecule has 0 spiro atoms. The fraction of sp³-hybridized carbons (Fsp3) is 0.333. The summed E-state index contributed by atoms with van der Waals surface area (Å²) >= 11 is 0. The van der Waals surface area contributed by atoms with Crippen LogP contribution in [-0.4, -0.2) is 29.9 Å². The van der Waals surface area contributed by atoms with Crippen LogP contribution in [0.4, 0.5) is 4.79 Å². The minimum absolute atomic E-state index is 0.155. The lowest BCUT2D eigenvalue weighted by atomic mass is 10.0. The van der Waals surface area contributed by atoms with Gasteiger partial charge in [-0.3, -0.25) is 19.7 Å². The van der Waals surface area contributed by atoms with Crippen molar-refractivity contribution in [3.63, 3.8) is 0 Å². The molecule has 2 atom stereocenters. The number of nitrogens with two attached hydrogens (primary N) is 1. The highest BCUT2D eigenvalue weighted by atomic mass is 16.5. The van der Waals surface area contributed by atoms with Gasteiger partial charge < -0.3 is 15.8 Å². The molecule has 1 aromatic carbocycles. The third-order valence-corrected chi connectivity index (χ3v) is 2.87. The van der Waals surface area contributed by atoms with Gasteiger partial charge in [0.1, 0.15) is 0 Å². The Morgan fingerprint density at radius 1 is 1.17 bits per heavy atom. The lowest BCUT2D eigenvalue weighted by Crippen LogP contribution is -2.42. The first-order valence-corrected chi connectivity index (χ1v) is 6.91. The van der Waals surface area contributed by atoms with Crippen LogP contribution in [0.1, 0.15) is 31.9 Å². The summed E-state index contributed by atoms with van der Waals surface area (Å²) in [7, 11) is 0. The summed E-state index contributed by atoms with van der Waals surface area (Å²) in [6, 6.07) is 7.28. The Balaban J connectivity index is 2.68. The second kappa shape index (κ2) is 8.52. The average Bonchev–Trinajstić information content (AvgIpc) is 2.46. The number of rotatable bonds is 6. The zero-order valence-corrected chi connectivity index (χ0v) is 12.9. The van der Waals surface area contributed by atoms with Crippen LogP contribution in [0.5, 0.6) is 0 Å². The maximum atomic E-state index is 11.9. The van der Waals surface area contributed by atoms with Gasteiger partial charge >= 0.3 is 12.0 Å². The molecule has 0 saturated heterocycles. The van der Waals surface area contributed by atoms with Crippen LogP contribution < -0.4 is 16.4 Å². The summed E-state index contributed by atoms with van der Waals surface area (Å²) in [6.45, 7) is 2.65. The number of esters is 1. The van der Waals surface area contributed by atoms with Gasteiger partial charge in [-0.1, -0.05) is 30.3 Å². The topological polar surface area (TPSA) is 128 Å². The molecule has 4 N–H and O–H groups in total. The lowest BCUT2D eigenvalue weighted by molar-refractivity contribution is -0.155. The van der Waals surface area contributed by atoms with Crippen LogP contribution >= 0.6 is 0 Å². The molecule has 0 aliphatic carbocycles. The maximum Gasteiger partial charge on any atom is 0.318 e. The Morgan fingerprint density at radius 2 is 1.78 bits per heavy atom. The monoisotopic (exact) mass is 321 g/mol. The zero-order chi connectivity index (χ0) is 17.4. The number of ether oxygens (including phenoxy) is 1. The first-order chi connectivity index (χ1) is 10.8. The summed E-state index contributed by atoms with van der Waals surface area (Å²) < 4.78 is 4.94. The molecule has 4 amide bonds. The third kappa shape index (κ3) is 6.60. The van der Waals surface area contributed by atoms with E-state index < -0.39 is 30.1 Å². The molecule has 8 nitrogen and oxygen atoms in total. The summed E-state index contributed by atoms with van der Waals surface area (Å²) in [6.07, 6.45) is -1.33. The Labute approximate surface area is 133 Å². The SMILES string of the molecule is CC(=O)N[C@H](CC(=O)O[C@H](C)C(=O)NC(N)=O)c1ccccc1. The summed E-state index contributed by atoms with van der Waals surface area (Å²) in [5.74, 6) is -1.81. The van der Waals surface area contributed by atoms with Gasteiger partial charge in [0.05, 0.1) is 12.5 Å². The smallest absolute Gasteiger partial charge is 0.318 e. The van der Waals surface area contributed by atoms with Crippen LogP contribution in [0.3, 0.4) is 0 Å². The highest BCUT2D eigenvalue weighted by Gasteiger charge is 2.23. The first-order valence-electron chi connectivity index (χ1n) is 6.91. The number of nitrogens with one attached hydrogen (secondary N) is 2. The molecule has 0 fully saturated rings. The second-order valence-electron chi connectivity index (χ2n) is 4.85. The van der Waals surface area contributed by atoms with Gasteiger partial charge in [0.25, 0.3) is 5.91 Å². The highest BCUT2D eigenvalue weighted by molar-refractivity contribution is 5.96. The van der Waals surface area contributed by atoms with Gasteiger partial charge in [0.15, 0.2) is 6.10 Å². The predicted octanol–water partition coefficient (Wildman–Crippen LogP) is 0.381. The van der Waals surface area contributed by atoms with Crippen LogP contribution in [0.25, 0.3) is 0 Å². The molecule has 0 unspecified atom stereocenters. The Kier molecular flexibility index (Phi) is 6.72. The Hall–Kier alpha value is -2.90. The van der Waals surface area contributed by atoms with Crippen molar-refractivity contribution < 1.29 is 23.9 Å². The van der Waals surface area contributed by atoms with Crippen molar-refractivity contribution in [1.29, 1.82) is 0 Å². The predicted molar refractivity (Wildman–Crippen MR) is 80.9 cm³/mol. The van der Waals surface area contributed by atoms with Gasteiger partial charge in [0, 0.05) is 6.92 Å². The van der Waals surface area contributed by atoms with Crippen LogP contribution in [0.2, 0.25) is 0 Å². The Morgan fingerprint density at radius 3 is 2.30 bits per heavy atom. The minimum Gasteiger partial charge on any atom is -0.452 e. The van der Waals surface area contributed by atoms with E-state index in [1.807, 2.05) is 11.4 Å². The first kappa shape index (κ1) is 18.1. The van der Waals surface area contributed by atoms with E-state index in [1.165, 1.54) is 13.8 Å². The summed E-state index contributed by atoms with van der Waals surface area (Å²) in [4.78, 5) is 45.3. The quantitative estimate of drug-likeness (QED) is 0.653. The highest BCUT2D eigenvalue weighted by Crippen LogP contribution is 2.17. The maximum absolute atomic E-state index is 11.9. The molecule has 124 valence electrons. The molecule has 8 heteroatoms. The molecule has 0 aliphatic rings. The summed E-state index contributed by atoms with van der Waals surface area (Å²) in [5.41, 5.74) is 5.55. The van der Waals surface area contributed by atoms with Crippen molar-refractivity contribution in [1.82, 2.24) is 10.6 Å². The molecule has 0 aliphatic heterocycles. The van der Waals surface area contributed by atoms with E-state index in [-0.39, 0.29) is 12.3 Å². The molecule has 0 aromatic heterocycles. The number of imide groups is 1. The van der Waals surface area contributed by atoms with E-state index in [0.717, 1.165) is 5.56 Å². The number of hydrogen-bond donors (Lipinski definition) is 3. The molecular formula is C15H19N3O5. The van der Waals surface area contributed by atoms with Crippen molar-refractivity contribution in [2.75, 3.05) is 0 Å². The van der Waals surface area contributed by atoms with E-state index in [1.54, 1.807) is 24.3 Å². The van der Waals surface area contributed by atoms with Crippen molar-refractivity contribution >= 4 is 23.8 Å². The van der Waals surface area contributed by atoms with E-state index in [0.29, 0.717) is 0 Å². The minimum atomic E-state index is -1.18. The molecule has 0 heterocycles. The molecule has 0 saturated carbocycles. The molecule has 0 radical (unpaired) electrons. The van der Waals surface area contributed by atoms with Crippen molar-refractivity contribution in [2.24, 2.45) is 5.73 Å². The van der Waals surface area contributed by atoms with Crippen molar-refractivity contribution in [3.8, 4) is 0 Å². The van der Waals surface area contributed by atoms with Crippen molar-refractivity contribution in [3.05, 3.63) is 35.9 Å². The van der Waals surface area contributed by atoms with Gasteiger partial charge in [-0.15, -0.1) is 0 Å². The van der Waals surface area contributed by atoms with Crippen LogP contribution in [-0.2, 0) is 19.1 Å². The van der Waals surface area contributed by atoms with Crippen LogP contribution in [0, 0.1) is 0 Å². The zero-order valence-electron chi connectivity index (χ0n) is 12.9. The fourth-order valence-corrected chi connectivity index (χ4v) is 1.87. The molecule has 0 bridgehead atoms. The second-order valence-corrected chi connectivity index (χ2v) is 4.85. The number of primary amides is 1. The van der Waals surface area contributed by atoms with E-state index in [4.69, 9.17) is 10.5 Å². The van der Waals surface area contributed by atoms with Gasteiger partial charge in [-0.05, 0) is 12.5 Å².